The first-order chi connectivity index (χ1) is 8.97. The fourth-order valence-electron chi connectivity index (χ4n) is 1.28. The van der Waals surface area contributed by atoms with E-state index in [1.54, 1.807) is 12.1 Å². The maximum Gasteiger partial charge on any atom is 0.336 e. The lowest BCUT2D eigenvalue weighted by molar-refractivity contribution is 0.0693. The molecule has 8 heteroatoms. The molecule has 1 aromatic carbocycles. The first kappa shape index (κ1) is 14.1. The molecular weight excluding hydrogens is 306 g/mol. The SMILES string of the molecule is CN(C)c1nnc(Sc2cc(Cl)ccc2C(=O)O)s1. The van der Waals surface area contributed by atoms with E-state index < -0.39 is 5.97 Å². The van der Waals surface area contributed by atoms with Gasteiger partial charge >= 0.3 is 5.97 Å². The molecule has 0 aliphatic rings. The van der Waals surface area contributed by atoms with E-state index in [-0.39, 0.29) is 5.56 Å². The van der Waals surface area contributed by atoms with Gasteiger partial charge in [-0.2, -0.15) is 0 Å². The quantitative estimate of drug-likeness (QED) is 0.935. The number of carbonyl (C=O) groups is 1. The molecule has 0 unspecified atom stereocenters. The number of rotatable bonds is 4. The average molecular weight is 316 g/mol. The van der Waals surface area contributed by atoms with Crippen molar-refractivity contribution in [2.45, 2.75) is 9.24 Å². The van der Waals surface area contributed by atoms with Crippen LogP contribution in [-0.2, 0) is 0 Å². The maximum atomic E-state index is 11.1. The summed E-state index contributed by atoms with van der Waals surface area (Å²) in [7, 11) is 3.74. The highest BCUT2D eigenvalue weighted by atomic mass is 35.5. The Balaban J connectivity index is 2.31. The van der Waals surface area contributed by atoms with Crippen LogP contribution in [0.5, 0.6) is 0 Å². The van der Waals surface area contributed by atoms with Crippen LogP contribution in [0, 0.1) is 0 Å². The molecule has 0 saturated heterocycles. The molecule has 0 aliphatic carbocycles. The summed E-state index contributed by atoms with van der Waals surface area (Å²) in [6.07, 6.45) is 0. The van der Waals surface area contributed by atoms with Gasteiger partial charge in [-0.15, -0.1) is 10.2 Å². The fraction of sp³-hybridized carbons (Fsp3) is 0.182. The Bertz CT molecular complexity index is 616. The summed E-state index contributed by atoms with van der Waals surface area (Å²) in [5.74, 6) is -0.989. The predicted octanol–water partition coefficient (Wildman–Crippen LogP) is 3.11. The van der Waals surface area contributed by atoms with Crippen molar-refractivity contribution in [3.05, 3.63) is 28.8 Å². The molecule has 0 spiro atoms. The van der Waals surface area contributed by atoms with E-state index >= 15 is 0 Å². The van der Waals surface area contributed by atoms with E-state index in [0.29, 0.717) is 14.3 Å². The second-order valence-electron chi connectivity index (χ2n) is 3.79. The first-order valence-electron chi connectivity index (χ1n) is 5.19. The molecule has 100 valence electrons. The number of halogens is 1. The molecule has 1 heterocycles. The molecule has 0 aliphatic heterocycles. The molecule has 1 N–H and O–H groups in total. The van der Waals surface area contributed by atoms with E-state index in [1.807, 2.05) is 19.0 Å². The van der Waals surface area contributed by atoms with Gasteiger partial charge in [-0.3, -0.25) is 0 Å². The lowest BCUT2D eigenvalue weighted by atomic mass is 10.2. The molecule has 19 heavy (non-hydrogen) atoms. The maximum absolute atomic E-state index is 11.1. The second-order valence-corrected chi connectivity index (χ2v) is 6.47. The molecule has 0 atom stereocenters. The summed E-state index contributed by atoms with van der Waals surface area (Å²) in [5, 5.41) is 18.4. The summed E-state index contributed by atoms with van der Waals surface area (Å²) < 4.78 is 0.675. The van der Waals surface area contributed by atoms with Crippen molar-refractivity contribution < 1.29 is 9.90 Å². The van der Waals surface area contributed by atoms with Gasteiger partial charge in [0.05, 0.1) is 5.56 Å². The van der Waals surface area contributed by atoms with Crippen LogP contribution in [0.1, 0.15) is 10.4 Å². The molecule has 2 rings (SSSR count). The zero-order valence-corrected chi connectivity index (χ0v) is 12.5. The van der Waals surface area contributed by atoms with Crippen molar-refractivity contribution in [3.8, 4) is 0 Å². The van der Waals surface area contributed by atoms with Crippen molar-refractivity contribution in [1.82, 2.24) is 10.2 Å². The third-order valence-electron chi connectivity index (χ3n) is 2.15. The van der Waals surface area contributed by atoms with Crippen LogP contribution in [0.4, 0.5) is 5.13 Å². The molecule has 5 nitrogen and oxygen atoms in total. The van der Waals surface area contributed by atoms with E-state index in [2.05, 4.69) is 10.2 Å². The van der Waals surface area contributed by atoms with Gasteiger partial charge < -0.3 is 10.0 Å². The number of carboxylic acids is 1. The Morgan fingerprint density at radius 3 is 2.74 bits per heavy atom. The van der Waals surface area contributed by atoms with Gasteiger partial charge in [0.15, 0.2) is 4.34 Å². The molecular formula is C11H10ClN3O2S2. The van der Waals surface area contributed by atoms with Gasteiger partial charge in [-0.25, -0.2) is 4.79 Å². The van der Waals surface area contributed by atoms with Gasteiger partial charge in [-0.05, 0) is 18.2 Å². The standard InChI is InChI=1S/C11H10ClN3O2S2/c1-15(2)10-13-14-11(19-10)18-8-5-6(12)3-4-7(8)9(16)17/h3-5H,1-2H3,(H,16,17). The Hall–Kier alpha value is -1.31. The number of anilines is 1. The zero-order chi connectivity index (χ0) is 14.0. The van der Waals surface area contributed by atoms with E-state index in [0.717, 1.165) is 5.13 Å². The lowest BCUT2D eigenvalue weighted by Crippen LogP contribution is -2.07. The van der Waals surface area contributed by atoms with E-state index in [9.17, 15) is 4.79 Å². The smallest absolute Gasteiger partial charge is 0.336 e. The van der Waals surface area contributed by atoms with Crippen molar-refractivity contribution >= 4 is 45.8 Å². The third kappa shape index (κ3) is 3.37. The van der Waals surface area contributed by atoms with E-state index in [1.165, 1.54) is 29.2 Å². The number of aromatic carboxylic acids is 1. The summed E-state index contributed by atoms with van der Waals surface area (Å²) in [5.41, 5.74) is 0.205. The summed E-state index contributed by atoms with van der Waals surface area (Å²) in [4.78, 5) is 13.5. The summed E-state index contributed by atoms with van der Waals surface area (Å²) in [6.45, 7) is 0. The highest BCUT2D eigenvalue weighted by molar-refractivity contribution is 8.01. The molecule has 0 fully saturated rings. The summed E-state index contributed by atoms with van der Waals surface area (Å²) >= 11 is 8.54. The summed E-state index contributed by atoms with van der Waals surface area (Å²) in [6, 6.07) is 4.66. The number of carboxylic acid groups (broad SMARTS) is 1. The molecule has 0 radical (unpaired) electrons. The van der Waals surface area contributed by atoms with Gasteiger partial charge in [-0.1, -0.05) is 34.7 Å². The average Bonchev–Trinajstić information content (AvgIpc) is 2.77. The van der Waals surface area contributed by atoms with Crippen molar-refractivity contribution in [2.75, 3.05) is 19.0 Å². The number of benzene rings is 1. The van der Waals surface area contributed by atoms with Gasteiger partial charge in [0.1, 0.15) is 0 Å². The highest BCUT2D eigenvalue weighted by Gasteiger charge is 2.14. The van der Waals surface area contributed by atoms with Gasteiger partial charge in [0.2, 0.25) is 5.13 Å². The lowest BCUT2D eigenvalue weighted by Gasteiger charge is -2.04. The minimum atomic E-state index is -0.989. The predicted molar refractivity (Wildman–Crippen MR) is 76.8 cm³/mol. The molecule has 0 amide bonds. The second kappa shape index (κ2) is 5.77. The molecule has 1 aromatic heterocycles. The topological polar surface area (TPSA) is 66.3 Å². The van der Waals surface area contributed by atoms with Crippen molar-refractivity contribution in [1.29, 1.82) is 0 Å². The molecule has 2 aromatic rings. The Kier molecular flexibility index (Phi) is 4.28. The normalized spacial score (nSPS) is 10.5. The fourth-order valence-corrected chi connectivity index (χ4v) is 3.40. The minimum Gasteiger partial charge on any atom is -0.478 e. The third-order valence-corrected chi connectivity index (χ3v) is 4.58. The Labute approximate surface area is 123 Å². The van der Waals surface area contributed by atoms with Crippen molar-refractivity contribution in [2.24, 2.45) is 0 Å². The van der Waals surface area contributed by atoms with Crippen LogP contribution in [0.2, 0.25) is 5.02 Å². The molecule has 0 saturated carbocycles. The highest BCUT2D eigenvalue weighted by Crippen LogP contribution is 2.35. The van der Waals surface area contributed by atoms with Crippen LogP contribution < -0.4 is 4.90 Å². The van der Waals surface area contributed by atoms with Crippen LogP contribution in [-0.4, -0.2) is 35.4 Å². The number of nitrogens with zero attached hydrogens (tertiary/aromatic N) is 3. The van der Waals surface area contributed by atoms with E-state index in [4.69, 9.17) is 16.7 Å². The largest absolute Gasteiger partial charge is 0.478 e. The first-order valence-corrected chi connectivity index (χ1v) is 7.20. The number of hydrogen-bond acceptors (Lipinski definition) is 6. The van der Waals surface area contributed by atoms with Crippen LogP contribution >= 0.6 is 34.7 Å². The number of hydrogen-bond donors (Lipinski definition) is 1. The monoisotopic (exact) mass is 315 g/mol. The Morgan fingerprint density at radius 2 is 2.16 bits per heavy atom. The van der Waals surface area contributed by atoms with Gasteiger partial charge in [0.25, 0.3) is 0 Å². The minimum absolute atomic E-state index is 0.205. The molecule has 0 bridgehead atoms. The van der Waals surface area contributed by atoms with Gasteiger partial charge in [0, 0.05) is 24.0 Å². The van der Waals surface area contributed by atoms with Crippen molar-refractivity contribution in [3.63, 3.8) is 0 Å². The van der Waals surface area contributed by atoms with Crippen LogP contribution in [0.3, 0.4) is 0 Å². The number of aromatic nitrogens is 2. The van der Waals surface area contributed by atoms with Crippen LogP contribution in [0.15, 0.2) is 27.4 Å². The van der Waals surface area contributed by atoms with Crippen LogP contribution in [0.25, 0.3) is 0 Å². The Morgan fingerprint density at radius 1 is 1.42 bits per heavy atom. The zero-order valence-electron chi connectivity index (χ0n) is 10.1.